The Labute approximate surface area is 234 Å². The molecule has 17 heteroatoms. The molecule has 42 heavy (non-hydrogen) atoms. The molecule has 11 nitrogen and oxygen atoms in total. The number of halogens is 6. The van der Waals surface area contributed by atoms with Crippen molar-refractivity contribution in [2.75, 3.05) is 5.32 Å². The molecule has 2 heterocycles. The molecule has 0 unspecified atom stereocenters. The van der Waals surface area contributed by atoms with Crippen molar-refractivity contribution in [2.45, 2.75) is 12.7 Å². The molecule has 1 amide bonds. The van der Waals surface area contributed by atoms with Gasteiger partial charge in [0, 0.05) is 11.1 Å². The third-order valence-corrected chi connectivity index (χ3v) is 5.48. The standard InChI is InChI=1S/C25H18F3N7O.3FH.H4N2.H2O/c26-25(27,28)20-12-10-18(11-13-20)22-14-21(17-4-2-1-3-5-17)32-35(22)15-16-6-8-19(9-7-16)23(36)29-24-30-33-34-31-24;;;;1-2;/h1-14H,15H2,(H2,29,30,31,33,34,36);3*1H;1-2H2;1H2. The molecule has 5 rings (SSSR count). The molecular weight excluding hydrogens is 572 g/mol. The highest BCUT2D eigenvalue weighted by Crippen LogP contribution is 2.32. The summed E-state index contributed by atoms with van der Waals surface area (Å²) in [6.45, 7) is 0.343. The minimum Gasteiger partial charge on any atom is -0.412 e. The Hall–Kier alpha value is -5.13. The lowest BCUT2D eigenvalue weighted by molar-refractivity contribution is -0.137. The van der Waals surface area contributed by atoms with Gasteiger partial charge < -0.3 is 5.48 Å². The smallest absolute Gasteiger partial charge is 0.412 e. The van der Waals surface area contributed by atoms with Crippen LogP contribution in [0.1, 0.15) is 21.5 Å². The summed E-state index contributed by atoms with van der Waals surface area (Å²) in [5.74, 6) is 7.68. The summed E-state index contributed by atoms with van der Waals surface area (Å²) in [6.07, 6.45) is -4.41. The van der Waals surface area contributed by atoms with Crippen molar-refractivity contribution in [3.8, 4) is 22.5 Å². The number of aromatic amines is 1. The second-order valence-electron chi connectivity index (χ2n) is 7.90. The minimum atomic E-state index is -4.41. The largest absolute Gasteiger partial charge is 0.416 e. The van der Waals surface area contributed by atoms with Crippen molar-refractivity contribution >= 4 is 11.9 Å². The van der Waals surface area contributed by atoms with Gasteiger partial charge in [-0.25, -0.2) is 0 Å². The van der Waals surface area contributed by atoms with Gasteiger partial charge >= 0.3 is 6.18 Å². The van der Waals surface area contributed by atoms with E-state index >= 15 is 0 Å². The Kier molecular flexibility index (Phi) is 14.2. The molecule has 0 fully saturated rings. The summed E-state index contributed by atoms with van der Waals surface area (Å²) in [5, 5.41) is 20.3. The van der Waals surface area contributed by atoms with E-state index in [9.17, 15) is 18.0 Å². The van der Waals surface area contributed by atoms with Gasteiger partial charge in [-0.05, 0) is 46.7 Å². The van der Waals surface area contributed by atoms with Gasteiger partial charge in [0.1, 0.15) is 0 Å². The lowest BCUT2D eigenvalue weighted by Crippen LogP contribution is -2.13. The molecule has 226 valence electrons. The van der Waals surface area contributed by atoms with Crippen LogP contribution < -0.4 is 17.0 Å². The number of nitrogens with two attached hydrogens (primary N) is 2. The Bertz CT molecular complexity index is 1480. The van der Waals surface area contributed by atoms with Crippen LogP contribution in [0.15, 0.2) is 84.9 Å². The zero-order valence-electron chi connectivity index (χ0n) is 21.4. The first-order chi connectivity index (χ1) is 18.4. The summed E-state index contributed by atoms with van der Waals surface area (Å²) in [7, 11) is 0. The van der Waals surface area contributed by atoms with Crippen LogP contribution in [-0.4, -0.2) is 41.8 Å². The van der Waals surface area contributed by atoms with Crippen LogP contribution in [0.5, 0.6) is 0 Å². The quantitative estimate of drug-likeness (QED) is 0.131. The lowest BCUT2D eigenvalue weighted by atomic mass is 10.1. The fraction of sp³-hybridized carbons (Fsp3) is 0.0800. The highest BCUT2D eigenvalue weighted by atomic mass is 19.4. The summed E-state index contributed by atoms with van der Waals surface area (Å²) < 4.78 is 40.9. The van der Waals surface area contributed by atoms with Gasteiger partial charge in [0.2, 0.25) is 0 Å². The molecule has 0 saturated carbocycles. The van der Waals surface area contributed by atoms with E-state index in [4.69, 9.17) is 5.10 Å². The normalized spacial score (nSPS) is 9.93. The van der Waals surface area contributed by atoms with Crippen LogP contribution >= 0.6 is 0 Å². The summed E-state index contributed by atoms with van der Waals surface area (Å²) in [6, 6.07) is 23.3. The minimum absolute atomic E-state index is 0. The number of nitrogens with one attached hydrogen (secondary N) is 2. The fourth-order valence-corrected chi connectivity index (χ4v) is 3.67. The van der Waals surface area contributed by atoms with E-state index in [2.05, 4.69) is 37.6 Å². The highest BCUT2D eigenvalue weighted by Gasteiger charge is 2.30. The Morgan fingerprint density at radius 2 is 1.50 bits per heavy atom. The van der Waals surface area contributed by atoms with Crippen molar-refractivity contribution in [2.24, 2.45) is 11.7 Å². The first-order valence-corrected chi connectivity index (χ1v) is 11.1. The number of hydrazine groups is 1. The first kappa shape index (κ1) is 36.9. The SMILES string of the molecule is F.F.F.NN.O.O=C(Nc1nn[nH]n1)c1ccc(Cn2nc(-c3ccccc3)cc2-c2ccc(C(F)(F)F)cc2)cc1. The van der Waals surface area contributed by atoms with Crippen LogP contribution in [0.25, 0.3) is 22.5 Å². The molecule has 0 aliphatic carbocycles. The number of H-pyrrole nitrogens is 1. The monoisotopic (exact) mass is 599 g/mol. The number of hydrogen-bond acceptors (Lipinski definition) is 7. The van der Waals surface area contributed by atoms with Crippen molar-refractivity contribution < 1.29 is 37.6 Å². The average Bonchev–Trinajstić information content (AvgIpc) is 3.61. The van der Waals surface area contributed by atoms with Gasteiger partial charge in [-0.1, -0.05) is 59.7 Å². The molecule has 8 N–H and O–H groups in total. The van der Waals surface area contributed by atoms with Crippen molar-refractivity contribution in [1.82, 2.24) is 30.4 Å². The van der Waals surface area contributed by atoms with E-state index in [1.54, 1.807) is 28.9 Å². The molecule has 5 aromatic rings. The molecule has 0 aliphatic heterocycles. The third-order valence-electron chi connectivity index (χ3n) is 5.48. The van der Waals surface area contributed by atoms with Gasteiger partial charge in [0.25, 0.3) is 11.9 Å². The van der Waals surface area contributed by atoms with Gasteiger partial charge in [-0.3, -0.25) is 40.6 Å². The fourth-order valence-electron chi connectivity index (χ4n) is 3.67. The number of amides is 1. The van der Waals surface area contributed by atoms with E-state index < -0.39 is 11.7 Å². The lowest BCUT2D eigenvalue weighted by Gasteiger charge is -2.10. The maximum Gasteiger partial charge on any atom is 0.416 e. The van der Waals surface area contributed by atoms with Gasteiger partial charge in [0.05, 0.1) is 23.5 Å². The number of aromatic nitrogens is 6. The molecule has 0 radical (unpaired) electrons. The number of tetrazole rings is 1. The molecule has 0 atom stereocenters. The topological polar surface area (TPSA) is 185 Å². The number of rotatable bonds is 6. The molecule has 0 saturated heterocycles. The predicted molar refractivity (Wildman–Crippen MR) is 145 cm³/mol. The number of benzene rings is 3. The number of carbonyl (C=O) groups is 1. The summed E-state index contributed by atoms with van der Waals surface area (Å²) >= 11 is 0. The maximum absolute atomic E-state index is 13.1. The molecule has 2 aromatic heterocycles. The van der Waals surface area contributed by atoms with Gasteiger partial charge in [-0.2, -0.15) is 23.5 Å². The van der Waals surface area contributed by atoms with E-state index in [1.165, 1.54) is 12.1 Å². The van der Waals surface area contributed by atoms with Gasteiger partial charge in [0.15, 0.2) is 0 Å². The Morgan fingerprint density at radius 1 is 0.881 bits per heavy atom. The van der Waals surface area contributed by atoms with E-state index in [0.717, 1.165) is 23.3 Å². The van der Waals surface area contributed by atoms with Crippen LogP contribution in [0, 0.1) is 0 Å². The first-order valence-electron chi connectivity index (χ1n) is 11.1. The maximum atomic E-state index is 13.1. The molecule has 3 aromatic carbocycles. The average molecular weight is 600 g/mol. The van der Waals surface area contributed by atoms with E-state index in [0.29, 0.717) is 29.1 Å². The second-order valence-corrected chi connectivity index (χ2v) is 7.90. The highest BCUT2D eigenvalue weighted by molar-refractivity contribution is 6.03. The van der Waals surface area contributed by atoms with E-state index in [1.807, 2.05) is 36.4 Å². The number of anilines is 1. The zero-order valence-corrected chi connectivity index (χ0v) is 21.4. The number of nitrogens with zero attached hydrogens (tertiary/aromatic N) is 5. The predicted octanol–water partition coefficient (Wildman–Crippen LogP) is 3.50. The third kappa shape index (κ3) is 8.68. The van der Waals surface area contributed by atoms with Crippen LogP contribution in [0.3, 0.4) is 0 Å². The molecule has 0 bridgehead atoms. The number of alkyl halides is 3. The van der Waals surface area contributed by atoms with Crippen LogP contribution in [0.2, 0.25) is 0 Å². The van der Waals surface area contributed by atoms with Crippen molar-refractivity contribution in [1.29, 1.82) is 0 Å². The molecule has 0 spiro atoms. The number of carbonyl (C=O) groups excluding carboxylic acids is 1. The second kappa shape index (κ2) is 16.2. The Balaban J connectivity index is 0.00000274. The van der Waals surface area contributed by atoms with Crippen molar-refractivity contribution in [3.05, 3.63) is 102 Å². The van der Waals surface area contributed by atoms with Crippen molar-refractivity contribution in [3.63, 3.8) is 0 Å². The van der Waals surface area contributed by atoms with Crippen LogP contribution in [-0.2, 0) is 12.7 Å². The van der Waals surface area contributed by atoms with E-state index in [-0.39, 0.29) is 31.4 Å². The Morgan fingerprint density at radius 3 is 2.05 bits per heavy atom. The summed E-state index contributed by atoms with van der Waals surface area (Å²) in [5.41, 5.74) is 3.39. The summed E-state index contributed by atoms with van der Waals surface area (Å²) in [4.78, 5) is 12.3. The molecule has 0 aliphatic rings. The van der Waals surface area contributed by atoms with Gasteiger partial charge in [-0.15, -0.1) is 5.10 Å². The number of hydrogen-bond donors (Lipinski definition) is 4. The van der Waals surface area contributed by atoms with Crippen LogP contribution in [0.4, 0.5) is 33.2 Å². The molecular formula is C25H27F6N9O2. The zero-order chi connectivity index (χ0) is 27.1.